The van der Waals surface area contributed by atoms with Gasteiger partial charge >= 0.3 is 0 Å². The summed E-state index contributed by atoms with van der Waals surface area (Å²) in [6.07, 6.45) is 5.65. The lowest BCUT2D eigenvalue weighted by molar-refractivity contribution is -0.117. The lowest BCUT2D eigenvalue weighted by atomic mass is 10.0. The van der Waals surface area contributed by atoms with Crippen LogP contribution in [0.25, 0.3) is 6.08 Å². The second-order valence-corrected chi connectivity index (χ2v) is 7.32. The van der Waals surface area contributed by atoms with E-state index >= 15 is 0 Å². The van der Waals surface area contributed by atoms with Crippen LogP contribution in [0.2, 0.25) is 0 Å². The van der Waals surface area contributed by atoms with Gasteiger partial charge in [-0.3, -0.25) is 4.79 Å². The minimum absolute atomic E-state index is 0.0625. The lowest BCUT2D eigenvalue weighted by Crippen LogP contribution is -2.28. The minimum Gasteiger partial charge on any atom is -0.493 e. The number of ether oxygens (including phenoxy) is 3. The number of methoxy groups -OCH3 is 1. The van der Waals surface area contributed by atoms with Gasteiger partial charge in [-0.15, -0.1) is 0 Å². The van der Waals surface area contributed by atoms with Crippen molar-refractivity contribution in [1.29, 1.82) is 0 Å². The highest BCUT2D eigenvalue weighted by molar-refractivity contribution is 5.92. The molecule has 1 aliphatic carbocycles. The zero-order chi connectivity index (χ0) is 19.5. The van der Waals surface area contributed by atoms with Crippen molar-refractivity contribution in [2.75, 3.05) is 20.3 Å². The van der Waals surface area contributed by atoms with Crippen molar-refractivity contribution in [3.05, 3.63) is 59.2 Å². The summed E-state index contributed by atoms with van der Waals surface area (Å²) in [4.78, 5) is 12.6. The Kier molecular flexibility index (Phi) is 5.24. The highest BCUT2D eigenvalue weighted by atomic mass is 16.6. The fourth-order valence-electron chi connectivity index (χ4n) is 3.44. The standard InChI is InChI=1S/C23H25NO4/c1-15-3-6-17(7-4-15)22(18-8-9-18)24-21(25)10-5-16-13-19(26-2)23-20(14-16)27-11-12-28-23/h3-7,10,13-14,18,22H,8-9,11-12H2,1-2H3,(H,24,25)/b10-5+. The molecule has 146 valence electrons. The van der Waals surface area contributed by atoms with E-state index in [4.69, 9.17) is 14.2 Å². The predicted octanol–water partition coefficient (Wildman–Crippen LogP) is 4.06. The first-order valence-electron chi connectivity index (χ1n) is 9.67. The second-order valence-electron chi connectivity index (χ2n) is 7.32. The average molecular weight is 379 g/mol. The molecule has 1 amide bonds. The molecule has 0 saturated heterocycles. The van der Waals surface area contributed by atoms with E-state index in [1.165, 1.54) is 5.56 Å². The van der Waals surface area contributed by atoms with Gasteiger partial charge in [-0.2, -0.15) is 0 Å². The fourth-order valence-corrected chi connectivity index (χ4v) is 3.44. The molecule has 4 rings (SSSR count). The SMILES string of the molecule is COc1cc(/C=C/C(=O)NC(c2ccc(C)cc2)C2CC2)cc2c1OCCO2. The van der Waals surface area contributed by atoms with Gasteiger partial charge in [0.1, 0.15) is 13.2 Å². The summed E-state index contributed by atoms with van der Waals surface area (Å²) in [6, 6.07) is 12.2. The number of carbonyl (C=O) groups excluding carboxylic acids is 1. The van der Waals surface area contributed by atoms with E-state index < -0.39 is 0 Å². The number of nitrogens with one attached hydrogen (secondary N) is 1. The fraction of sp³-hybridized carbons (Fsp3) is 0.348. The molecule has 0 radical (unpaired) electrons. The topological polar surface area (TPSA) is 56.8 Å². The number of hydrogen-bond donors (Lipinski definition) is 1. The van der Waals surface area contributed by atoms with Crippen LogP contribution >= 0.6 is 0 Å². The van der Waals surface area contributed by atoms with Gasteiger partial charge in [0.2, 0.25) is 11.7 Å². The first-order chi connectivity index (χ1) is 13.6. The Morgan fingerprint density at radius 3 is 2.64 bits per heavy atom. The third-order valence-electron chi connectivity index (χ3n) is 5.11. The first kappa shape index (κ1) is 18.4. The Balaban J connectivity index is 1.48. The molecule has 1 atom stereocenters. The number of benzene rings is 2. The van der Waals surface area contributed by atoms with Crippen molar-refractivity contribution in [2.24, 2.45) is 5.92 Å². The molecule has 1 unspecified atom stereocenters. The van der Waals surface area contributed by atoms with E-state index in [1.807, 2.05) is 12.1 Å². The highest BCUT2D eigenvalue weighted by Crippen LogP contribution is 2.42. The molecule has 5 nitrogen and oxygen atoms in total. The van der Waals surface area contributed by atoms with E-state index in [9.17, 15) is 4.79 Å². The summed E-state index contributed by atoms with van der Waals surface area (Å²) >= 11 is 0. The molecular formula is C23H25NO4. The monoisotopic (exact) mass is 379 g/mol. The smallest absolute Gasteiger partial charge is 0.244 e. The molecular weight excluding hydrogens is 354 g/mol. The molecule has 1 N–H and O–H groups in total. The van der Waals surface area contributed by atoms with Gasteiger partial charge < -0.3 is 19.5 Å². The van der Waals surface area contributed by atoms with Crippen molar-refractivity contribution >= 4 is 12.0 Å². The van der Waals surface area contributed by atoms with Crippen LogP contribution in [0.15, 0.2) is 42.5 Å². The summed E-state index contributed by atoms with van der Waals surface area (Å²) in [5, 5.41) is 3.16. The quantitative estimate of drug-likeness (QED) is 0.769. The lowest BCUT2D eigenvalue weighted by Gasteiger charge is -2.21. The van der Waals surface area contributed by atoms with Crippen LogP contribution in [0.3, 0.4) is 0 Å². The van der Waals surface area contributed by atoms with Crippen LogP contribution in [-0.2, 0) is 4.79 Å². The Labute approximate surface area is 165 Å². The normalized spacial score (nSPS) is 16.6. The Hall–Kier alpha value is -2.95. The molecule has 1 aliphatic heterocycles. The molecule has 1 saturated carbocycles. The highest BCUT2D eigenvalue weighted by Gasteiger charge is 2.33. The van der Waals surface area contributed by atoms with Crippen LogP contribution < -0.4 is 19.5 Å². The largest absolute Gasteiger partial charge is 0.493 e. The van der Waals surface area contributed by atoms with E-state index in [0.29, 0.717) is 36.4 Å². The van der Waals surface area contributed by atoms with Crippen LogP contribution in [0.4, 0.5) is 0 Å². The van der Waals surface area contributed by atoms with Gasteiger partial charge in [0.25, 0.3) is 0 Å². The van der Waals surface area contributed by atoms with Crippen LogP contribution in [0.5, 0.6) is 17.2 Å². The Bertz CT molecular complexity index is 867. The maximum atomic E-state index is 12.6. The van der Waals surface area contributed by atoms with Gasteiger partial charge in [0.15, 0.2) is 11.5 Å². The first-order valence-corrected chi connectivity index (χ1v) is 9.67. The molecule has 0 bridgehead atoms. The second kappa shape index (κ2) is 7.97. The summed E-state index contributed by atoms with van der Waals surface area (Å²) in [6.45, 7) is 3.07. The average Bonchev–Trinajstić information content (AvgIpc) is 3.56. The molecule has 2 aromatic rings. The van der Waals surface area contributed by atoms with Gasteiger partial charge in [0, 0.05) is 6.08 Å². The van der Waals surface area contributed by atoms with Gasteiger partial charge in [0.05, 0.1) is 13.2 Å². The molecule has 2 aromatic carbocycles. The number of amides is 1. The number of carbonyl (C=O) groups is 1. The Morgan fingerprint density at radius 1 is 1.18 bits per heavy atom. The van der Waals surface area contributed by atoms with Crippen LogP contribution in [0, 0.1) is 12.8 Å². The molecule has 28 heavy (non-hydrogen) atoms. The van der Waals surface area contributed by atoms with Crippen molar-refractivity contribution in [3.63, 3.8) is 0 Å². The summed E-state index contributed by atoms with van der Waals surface area (Å²) < 4.78 is 16.7. The molecule has 5 heteroatoms. The van der Waals surface area contributed by atoms with E-state index in [-0.39, 0.29) is 11.9 Å². The molecule has 1 heterocycles. The zero-order valence-corrected chi connectivity index (χ0v) is 16.2. The summed E-state index contributed by atoms with van der Waals surface area (Å²) in [7, 11) is 1.59. The van der Waals surface area contributed by atoms with Crippen molar-refractivity contribution in [3.8, 4) is 17.2 Å². The number of hydrogen-bond acceptors (Lipinski definition) is 4. The number of fused-ring (bicyclic) bond motifs is 1. The predicted molar refractivity (Wildman–Crippen MR) is 108 cm³/mol. The molecule has 2 aliphatic rings. The zero-order valence-electron chi connectivity index (χ0n) is 16.2. The maximum Gasteiger partial charge on any atom is 0.244 e. The number of rotatable bonds is 6. The molecule has 1 fully saturated rings. The van der Waals surface area contributed by atoms with Crippen LogP contribution in [-0.4, -0.2) is 26.2 Å². The van der Waals surface area contributed by atoms with Crippen molar-refractivity contribution < 1.29 is 19.0 Å². The van der Waals surface area contributed by atoms with Crippen molar-refractivity contribution in [1.82, 2.24) is 5.32 Å². The minimum atomic E-state index is -0.105. The van der Waals surface area contributed by atoms with Crippen LogP contribution in [0.1, 0.15) is 35.6 Å². The molecule has 0 spiro atoms. The van der Waals surface area contributed by atoms with Crippen molar-refractivity contribution in [2.45, 2.75) is 25.8 Å². The van der Waals surface area contributed by atoms with Gasteiger partial charge in [-0.1, -0.05) is 29.8 Å². The van der Waals surface area contributed by atoms with Gasteiger partial charge in [-0.05, 0) is 55.0 Å². The maximum absolute atomic E-state index is 12.6. The third-order valence-corrected chi connectivity index (χ3v) is 5.11. The third kappa shape index (κ3) is 4.14. The van der Waals surface area contributed by atoms with E-state index in [2.05, 4.69) is 36.5 Å². The summed E-state index contributed by atoms with van der Waals surface area (Å²) in [5.41, 5.74) is 3.21. The van der Waals surface area contributed by atoms with Gasteiger partial charge in [-0.25, -0.2) is 0 Å². The van der Waals surface area contributed by atoms with E-state index in [1.54, 1.807) is 19.3 Å². The Morgan fingerprint density at radius 2 is 1.93 bits per heavy atom. The number of aryl methyl sites for hydroxylation is 1. The summed E-state index contributed by atoms with van der Waals surface area (Å²) in [5.74, 6) is 2.28. The molecule has 0 aromatic heterocycles. The van der Waals surface area contributed by atoms with E-state index in [0.717, 1.165) is 24.0 Å².